The average Bonchev–Trinajstić information content (AvgIpc) is 2.62. The Kier molecular flexibility index (Phi) is 3.73. The zero-order valence-electron chi connectivity index (χ0n) is 8.93. The zero-order chi connectivity index (χ0) is 12.4. The van der Waals surface area contributed by atoms with Crippen molar-refractivity contribution in [3.63, 3.8) is 0 Å². The third-order valence-corrected chi connectivity index (χ3v) is 3.84. The molecule has 2 nitrogen and oxygen atoms in total. The van der Waals surface area contributed by atoms with E-state index in [-0.39, 0.29) is 5.69 Å². The molecule has 1 N–H and O–H groups in total. The van der Waals surface area contributed by atoms with Crippen molar-refractivity contribution in [1.82, 2.24) is 4.98 Å². The summed E-state index contributed by atoms with van der Waals surface area (Å²) >= 11 is 4.62. The molecule has 0 amide bonds. The van der Waals surface area contributed by atoms with Gasteiger partial charge in [-0.15, -0.1) is 11.3 Å². The van der Waals surface area contributed by atoms with Gasteiger partial charge in [-0.3, -0.25) is 0 Å². The fourth-order valence-electron chi connectivity index (χ4n) is 1.38. The molecule has 0 bridgehead atoms. The van der Waals surface area contributed by atoms with Crippen LogP contribution in [0.15, 0.2) is 22.1 Å². The molecule has 90 valence electrons. The quantitative estimate of drug-likeness (QED) is 0.921. The summed E-state index contributed by atoms with van der Waals surface area (Å²) in [6.45, 7) is 2.36. The van der Waals surface area contributed by atoms with Crippen LogP contribution in [-0.4, -0.2) is 4.98 Å². The highest BCUT2D eigenvalue weighted by molar-refractivity contribution is 9.10. The summed E-state index contributed by atoms with van der Waals surface area (Å²) in [5, 5.41) is 2.93. The number of nitrogens with zero attached hydrogens (tertiary/aromatic N) is 1. The van der Waals surface area contributed by atoms with Gasteiger partial charge in [0.15, 0.2) is 0 Å². The minimum Gasteiger partial charge on any atom is -0.377 e. The third-order valence-electron chi connectivity index (χ3n) is 2.28. The smallest absolute Gasteiger partial charge is 0.150 e. The van der Waals surface area contributed by atoms with Crippen molar-refractivity contribution in [2.75, 3.05) is 5.32 Å². The molecule has 0 fully saturated rings. The van der Waals surface area contributed by atoms with E-state index in [1.807, 2.05) is 6.92 Å². The molecule has 0 saturated carbocycles. The molecular formula is C11H9BrF2N2S. The third kappa shape index (κ3) is 2.81. The first-order valence-corrected chi connectivity index (χ1v) is 6.52. The number of aryl methyl sites for hydroxylation is 1. The van der Waals surface area contributed by atoms with E-state index >= 15 is 0 Å². The van der Waals surface area contributed by atoms with Crippen LogP contribution in [-0.2, 0) is 6.54 Å². The summed E-state index contributed by atoms with van der Waals surface area (Å²) in [6, 6.07) is 2.08. The van der Waals surface area contributed by atoms with Gasteiger partial charge in [0.05, 0.1) is 23.4 Å². The maximum atomic E-state index is 13.5. The SMILES string of the molecule is Cc1ncsc1CNc1c(F)cc(F)cc1Br. The largest absolute Gasteiger partial charge is 0.377 e. The summed E-state index contributed by atoms with van der Waals surface area (Å²) in [6.07, 6.45) is 0. The summed E-state index contributed by atoms with van der Waals surface area (Å²) < 4.78 is 26.7. The van der Waals surface area contributed by atoms with E-state index in [1.165, 1.54) is 17.4 Å². The lowest BCUT2D eigenvalue weighted by Gasteiger charge is -2.09. The summed E-state index contributed by atoms with van der Waals surface area (Å²) in [4.78, 5) is 5.13. The molecule has 0 radical (unpaired) electrons. The lowest BCUT2D eigenvalue weighted by atomic mass is 10.3. The number of nitrogens with one attached hydrogen (secondary N) is 1. The minimum absolute atomic E-state index is 0.263. The normalized spacial score (nSPS) is 10.6. The van der Waals surface area contributed by atoms with Crippen molar-refractivity contribution in [3.8, 4) is 0 Å². The molecule has 0 spiro atoms. The Morgan fingerprint density at radius 2 is 2.18 bits per heavy atom. The van der Waals surface area contributed by atoms with Gasteiger partial charge in [-0.25, -0.2) is 13.8 Å². The highest BCUT2D eigenvalue weighted by Crippen LogP contribution is 2.27. The second kappa shape index (κ2) is 5.10. The number of anilines is 1. The van der Waals surface area contributed by atoms with E-state index in [2.05, 4.69) is 26.2 Å². The van der Waals surface area contributed by atoms with Crippen molar-refractivity contribution in [2.45, 2.75) is 13.5 Å². The molecule has 6 heteroatoms. The van der Waals surface area contributed by atoms with Crippen molar-refractivity contribution in [1.29, 1.82) is 0 Å². The minimum atomic E-state index is -0.612. The summed E-state index contributed by atoms with van der Waals surface area (Å²) in [7, 11) is 0. The number of halogens is 3. The standard InChI is InChI=1S/C11H9BrF2N2S/c1-6-10(17-5-16-6)4-15-11-8(12)2-7(13)3-9(11)14/h2-3,5,15H,4H2,1H3. The Morgan fingerprint density at radius 1 is 1.41 bits per heavy atom. The van der Waals surface area contributed by atoms with Crippen molar-refractivity contribution in [2.24, 2.45) is 0 Å². The number of benzene rings is 1. The van der Waals surface area contributed by atoms with Gasteiger partial charge in [-0.1, -0.05) is 0 Å². The van der Waals surface area contributed by atoms with Crippen LogP contribution in [0.4, 0.5) is 14.5 Å². The fraction of sp³-hybridized carbons (Fsp3) is 0.182. The van der Waals surface area contributed by atoms with Gasteiger partial charge in [-0.2, -0.15) is 0 Å². The van der Waals surface area contributed by atoms with Crippen LogP contribution in [0, 0.1) is 18.6 Å². The molecule has 0 aliphatic carbocycles. The second-order valence-corrected chi connectivity index (χ2v) is 5.25. The summed E-state index contributed by atoms with van der Waals surface area (Å²) in [5.74, 6) is -1.21. The van der Waals surface area contributed by atoms with E-state index in [9.17, 15) is 8.78 Å². The van der Waals surface area contributed by atoms with Gasteiger partial charge in [0, 0.05) is 15.4 Å². The van der Waals surface area contributed by atoms with Gasteiger partial charge in [0.25, 0.3) is 0 Å². The number of thiazole rings is 1. The number of rotatable bonds is 3. The van der Waals surface area contributed by atoms with E-state index in [0.29, 0.717) is 11.0 Å². The van der Waals surface area contributed by atoms with Gasteiger partial charge in [0.1, 0.15) is 11.6 Å². The van der Waals surface area contributed by atoms with Crippen molar-refractivity contribution in [3.05, 3.63) is 44.3 Å². The first kappa shape index (κ1) is 12.4. The molecule has 17 heavy (non-hydrogen) atoms. The van der Waals surface area contributed by atoms with Gasteiger partial charge in [-0.05, 0) is 28.9 Å². The maximum absolute atomic E-state index is 13.5. The molecule has 1 heterocycles. The van der Waals surface area contributed by atoms with Crippen molar-refractivity contribution < 1.29 is 8.78 Å². The van der Waals surface area contributed by atoms with Gasteiger partial charge < -0.3 is 5.32 Å². The van der Waals surface area contributed by atoms with E-state index in [1.54, 1.807) is 5.51 Å². The van der Waals surface area contributed by atoms with Crippen molar-refractivity contribution >= 4 is 33.0 Å². The molecule has 0 aliphatic heterocycles. The van der Waals surface area contributed by atoms with Crippen LogP contribution in [0.3, 0.4) is 0 Å². The number of aromatic nitrogens is 1. The Hall–Kier alpha value is -1.01. The van der Waals surface area contributed by atoms with Crippen LogP contribution >= 0.6 is 27.3 Å². The first-order chi connectivity index (χ1) is 8.08. The molecule has 0 saturated heterocycles. The Balaban J connectivity index is 2.17. The highest BCUT2D eigenvalue weighted by atomic mass is 79.9. The molecule has 0 unspecified atom stereocenters. The predicted molar refractivity (Wildman–Crippen MR) is 68.2 cm³/mol. The molecule has 2 aromatic rings. The molecule has 2 rings (SSSR count). The zero-order valence-corrected chi connectivity index (χ0v) is 11.3. The molecule has 1 aromatic heterocycles. The summed E-state index contributed by atoms with van der Waals surface area (Å²) in [5.41, 5.74) is 2.92. The Bertz CT molecular complexity index is 519. The second-order valence-electron chi connectivity index (χ2n) is 3.46. The fourth-order valence-corrected chi connectivity index (χ4v) is 2.64. The number of hydrogen-bond donors (Lipinski definition) is 1. The molecule has 1 aromatic carbocycles. The van der Waals surface area contributed by atoms with Gasteiger partial charge >= 0.3 is 0 Å². The van der Waals surface area contributed by atoms with Crippen LogP contribution in [0.5, 0.6) is 0 Å². The topological polar surface area (TPSA) is 24.9 Å². The van der Waals surface area contributed by atoms with E-state index in [0.717, 1.165) is 16.6 Å². The molecule has 0 aliphatic rings. The van der Waals surface area contributed by atoms with Crippen LogP contribution in [0.1, 0.15) is 10.6 Å². The van der Waals surface area contributed by atoms with Crippen LogP contribution in [0.25, 0.3) is 0 Å². The monoisotopic (exact) mass is 318 g/mol. The van der Waals surface area contributed by atoms with E-state index < -0.39 is 11.6 Å². The lowest BCUT2D eigenvalue weighted by Crippen LogP contribution is -2.02. The maximum Gasteiger partial charge on any atom is 0.150 e. The highest BCUT2D eigenvalue weighted by Gasteiger charge is 2.10. The Morgan fingerprint density at radius 3 is 2.76 bits per heavy atom. The number of hydrogen-bond acceptors (Lipinski definition) is 3. The molecule has 0 atom stereocenters. The predicted octanol–water partition coefficient (Wildman–Crippen LogP) is 4.10. The van der Waals surface area contributed by atoms with E-state index in [4.69, 9.17) is 0 Å². The van der Waals surface area contributed by atoms with Gasteiger partial charge in [0.2, 0.25) is 0 Å². The Labute approximate surface area is 110 Å². The van der Waals surface area contributed by atoms with Crippen LogP contribution in [0.2, 0.25) is 0 Å². The average molecular weight is 319 g/mol. The molecular weight excluding hydrogens is 310 g/mol. The lowest BCUT2D eigenvalue weighted by molar-refractivity contribution is 0.583. The van der Waals surface area contributed by atoms with Crippen LogP contribution < -0.4 is 5.32 Å². The first-order valence-electron chi connectivity index (χ1n) is 4.85.